The molecule has 176 valence electrons. The normalized spacial score (nSPS) is 16.6. The first-order valence-corrected chi connectivity index (χ1v) is 9.96. The van der Waals surface area contributed by atoms with Gasteiger partial charge in [-0.15, -0.1) is 0 Å². The number of dihydropyridines is 1. The Balaban J connectivity index is 1.69. The Morgan fingerprint density at radius 1 is 1.24 bits per heavy atom. The first-order valence-electron chi connectivity index (χ1n) is 9.96. The predicted molar refractivity (Wildman–Crippen MR) is 111 cm³/mol. The average Bonchev–Trinajstić information content (AvgIpc) is 3.19. The molecule has 0 fully saturated rings. The molecule has 0 spiro atoms. The Labute approximate surface area is 186 Å². The van der Waals surface area contributed by atoms with Crippen LogP contribution >= 0.6 is 0 Å². The molecule has 2 heterocycles. The minimum atomic E-state index is -4.57. The van der Waals surface area contributed by atoms with Crippen molar-refractivity contribution in [2.45, 2.75) is 44.9 Å². The molecule has 0 aliphatic carbocycles. The van der Waals surface area contributed by atoms with E-state index in [1.807, 2.05) is 0 Å². The van der Waals surface area contributed by atoms with Gasteiger partial charge in [-0.2, -0.15) is 13.2 Å². The SMILES string of the molecule is CCOC1C=C(c2ccc(CC(=O)Nc3cc(C(C)(C)C(F)(F)F)no3)c(F)c2)C=NC1=O. The van der Waals surface area contributed by atoms with E-state index < -0.39 is 47.4 Å². The van der Waals surface area contributed by atoms with Crippen molar-refractivity contribution in [2.75, 3.05) is 11.9 Å². The molecular formula is C22H21F4N3O4. The number of anilines is 1. The number of hydrogen-bond acceptors (Lipinski definition) is 5. The van der Waals surface area contributed by atoms with Crippen molar-refractivity contribution < 1.29 is 36.4 Å². The number of carbonyl (C=O) groups excluding carboxylic acids is 2. The molecule has 1 aliphatic heterocycles. The third kappa shape index (κ3) is 5.36. The number of ether oxygens (including phenoxy) is 1. The summed E-state index contributed by atoms with van der Waals surface area (Å²) in [6, 6.07) is 5.12. The molecular weight excluding hydrogens is 446 g/mol. The van der Waals surface area contributed by atoms with Gasteiger partial charge in [0.2, 0.25) is 11.8 Å². The lowest BCUT2D eigenvalue weighted by Crippen LogP contribution is -2.36. The standard InChI is InChI=1S/C22H21F4N3O4/c1-4-32-16-8-14(11-27-20(16)31)12-5-6-13(15(23)7-12)9-18(30)28-19-10-17(29-33-19)21(2,3)22(24,25)26/h5-8,10-11,16H,4,9H2,1-3H3,(H,28,30). The van der Waals surface area contributed by atoms with Gasteiger partial charge in [0.1, 0.15) is 16.9 Å². The van der Waals surface area contributed by atoms with Crippen LogP contribution in [-0.4, -0.2) is 42.1 Å². The number of halogens is 4. The van der Waals surface area contributed by atoms with Crippen LogP contribution in [0.4, 0.5) is 23.4 Å². The van der Waals surface area contributed by atoms with Crippen LogP contribution in [0.1, 0.15) is 37.6 Å². The minimum absolute atomic E-state index is 0.0531. The summed E-state index contributed by atoms with van der Waals surface area (Å²) in [5, 5.41) is 5.66. The Morgan fingerprint density at radius 3 is 2.61 bits per heavy atom. The van der Waals surface area contributed by atoms with Crippen LogP contribution in [0.5, 0.6) is 0 Å². The topological polar surface area (TPSA) is 93.8 Å². The van der Waals surface area contributed by atoms with E-state index in [1.165, 1.54) is 24.4 Å². The largest absolute Gasteiger partial charge is 0.399 e. The maximum atomic E-state index is 14.6. The molecule has 11 heteroatoms. The van der Waals surface area contributed by atoms with Crippen molar-refractivity contribution in [3.05, 3.63) is 53.0 Å². The van der Waals surface area contributed by atoms with E-state index in [9.17, 15) is 27.2 Å². The molecule has 1 aromatic heterocycles. The molecule has 0 saturated carbocycles. The van der Waals surface area contributed by atoms with Crippen LogP contribution in [0.2, 0.25) is 0 Å². The molecule has 2 aromatic rings. The fourth-order valence-corrected chi connectivity index (χ4v) is 2.95. The summed E-state index contributed by atoms with van der Waals surface area (Å²) in [4.78, 5) is 27.7. The first kappa shape index (κ1) is 24.3. The van der Waals surface area contributed by atoms with E-state index in [1.54, 1.807) is 13.0 Å². The van der Waals surface area contributed by atoms with Crippen molar-refractivity contribution in [2.24, 2.45) is 4.99 Å². The van der Waals surface area contributed by atoms with Gasteiger partial charge in [0, 0.05) is 18.9 Å². The Bertz CT molecular complexity index is 1120. The van der Waals surface area contributed by atoms with Crippen LogP contribution in [0.3, 0.4) is 0 Å². The highest BCUT2D eigenvalue weighted by molar-refractivity contribution is 6.17. The summed E-state index contributed by atoms with van der Waals surface area (Å²) in [6.45, 7) is 3.91. The van der Waals surface area contributed by atoms with Crippen LogP contribution in [-0.2, 0) is 26.2 Å². The Hall–Kier alpha value is -3.34. The first-order chi connectivity index (χ1) is 15.4. The fraction of sp³-hybridized carbons (Fsp3) is 0.364. The van der Waals surface area contributed by atoms with Gasteiger partial charge in [0.25, 0.3) is 5.91 Å². The van der Waals surface area contributed by atoms with Gasteiger partial charge < -0.3 is 9.26 Å². The lowest BCUT2D eigenvalue weighted by atomic mass is 9.89. The zero-order chi connectivity index (χ0) is 24.4. The second-order valence-electron chi connectivity index (χ2n) is 7.82. The van der Waals surface area contributed by atoms with E-state index in [0.717, 1.165) is 19.9 Å². The molecule has 0 radical (unpaired) electrons. The maximum absolute atomic E-state index is 14.6. The Kier molecular flexibility index (Phi) is 6.82. The van der Waals surface area contributed by atoms with Crippen molar-refractivity contribution >= 4 is 29.5 Å². The highest BCUT2D eigenvalue weighted by Crippen LogP contribution is 2.40. The lowest BCUT2D eigenvalue weighted by molar-refractivity contribution is -0.181. The average molecular weight is 467 g/mol. The van der Waals surface area contributed by atoms with Gasteiger partial charge in [0.15, 0.2) is 6.10 Å². The third-order valence-corrected chi connectivity index (χ3v) is 5.11. The monoisotopic (exact) mass is 467 g/mol. The molecule has 1 atom stereocenters. The van der Waals surface area contributed by atoms with E-state index >= 15 is 0 Å². The second-order valence-corrected chi connectivity index (χ2v) is 7.82. The smallest absolute Gasteiger partial charge is 0.364 e. The quantitative estimate of drug-likeness (QED) is 0.615. The van der Waals surface area contributed by atoms with E-state index in [4.69, 9.17) is 9.26 Å². The fourth-order valence-electron chi connectivity index (χ4n) is 2.95. The van der Waals surface area contributed by atoms with E-state index in [2.05, 4.69) is 15.5 Å². The number of hydrogen-bond donors (Lipinski definition) is 1. The van der Waals surface area contributed by atoms with Gasteiger partial charge >= 0.3 is 6.18 Å². The molecule has 1 aliphatic rings. The number of nitrogens with zero attached hydrogens (tertiary/aromatic N) is 2. The van der Waals surface area contributed by atoms with Gasteiger partial charge in [-0.3, -0.25) is 14.9 Å². The van der Waals surface area contributed by atoms with E-state index in [0.29, 0.717) is 17.7 Å². The molecule has 0 saturated heterocycles. The number of rotatable bonds is 7. The molecule has 1 N–H and O–H groups in total. The summed E-state index contributed by atoms with van der Waals surface area (Å²) >= 11 is 0. The summed E-state index contributed by atoms with van der Waals surface area (Å²) < 4.78 is 64.0. The number of aromatic nitrogens is 1. The molecule has 7 nitrogen and oxygen atoms in total. The van der Waals surface area contributed by atoms with Crippen LogP contribution in [0.15, 0.2) is 39.9 Å². The highest BCUT2D eigenvalue weighted by atomic mass is 19.4. The molecule has 1 unspecified atom stereocenters. The van der Waals surface area contributed by atoms with E-state index in [-0.39, 0.29) is 11.4 Å². The molecule has 3 rings (SSSR count). The third-order valence-electron chi connectivity index (χ3n) is 5.11. The van der Waals surface area contributed by atoms with Crippen LogP contribution in [0.25, 0.3) is 5.57 Å². The van der Waals surface area contributed by atoms with Gasteiger partial charge in [-0.05, 0) is 49.6 Å². The van der Waals surface area contributed by atoms with Crippen molar-refractivity contribution in [3.63, 3.8) is 0 Å². The van der Waals surface area contributed by atoms with Crippen LogP contribution < -0.4 is 5.32 Å². The van der Waals surface area contributed by atoms with Crippen molar-refractivity contribution in [3.8, 4) is 0 Å². The number of alkyl halides is 3. The summed E-state index contributed by atoms with van der Waals surface area (Å²) in [5.74, 6) is -2.11. The van der Waals surface area contributed by atoms with Crippen molar-refractivity contribution in [1.82, 2.24) is 5.16 Å². The van der Waals surface area contributed by atoms with Gasteiger partial charge in [0.05, 0.1) is 6.42 Å². The van der Waals surface area contributed by atoms with Gasteiger partial charge in [-0.1, -0.05) is 17.3 Å². The van der Waals surface area contributed by atoms with Crippen molar-refractivity contribution in [1.29, 1.82) is 0 Å². The summed E-state index contributed by atoms with van der Waals surface area (Å²) in [6.07, 6.45) is -2.97. The summed E-state index contributed by atoms with van der Waals surface area (Å²) in [5.41, 5.74) is -1.69. The number of allylic oxidation sites excluding steroid dienone is 1. The predicted octanol–water partition coefficient (Wildman–Crippen LogP) is 4.23. The molecule has 33 heavy (non-hydrogen) atoms. The van der Waals surface area contributed by atoms with Gasteiger partial charge in [-0.25, -0.2) is 9.38 Å². The molecule has 1 aromatic carbocycles. The molecule has 0 bridgehead atoms. The number of amides is 2. The lowest BCUT2D eigenvalue weighted by Gasteiger charge is -2.24. The maximum Gasteiger partial charge on any atom is 0.399 e. The minimum Gasteiger partial charge on any atom is -0.364 e. The number of benzene rings is 1. The summed E-state index contributed by atoms with van der Waals surface area (Å²) in [7, 11) is 0. The Morgan fingerprint density at radius 2 is 1.97 bits per heavy atom. The second kappa shape index (κ2) is 9.26. The zero-order valence-corrected chi connectivity index (χ0v) is 18.0. The van der Waals surface area contributed by atoms with Crippen LogP contribution in [0, 0.1) is 5.82 Å². The zero-order valence-electron chi connectivity index (χ0n) is 18.0. The number of aliphatic imine (C=N–C) groups is 1. The molecule has 2 amide bonds. The number of nitrogens with one attached hydrogen (secondary N) is 1. The number of carbonyl (C=O) groups is 2. The highest BCUT2D eigenvalue weighted by Gasteiger charge is 2.50.